The van der Waals surface area contributed by atoms with E-state index in [-0.39, 0.29) is 34.1 Å². The molecule has 1 aliphatic rings. The first kappa shape index (κ1) is 19.7. The lowest BCUT2D eigenvalue weighted by atomic mass is 9.80. The molecule has 2 N–H and O–H groups in total. The minimum atomic E-state index is -1.24. The van der Waals surface area contributed by atoms with Gasteiger partial charge < -0.3 is 19.7 Å². The summed E-state index contributed by atoms with van der Waals surface area (Å²) in [6, 6.07) is 10.2. The van der Waals surface area contributed by atoms with Crippen LogP contribution in [0.4, 0.5) is 4.39 Å². The van der Waals surface area contributed by atoms with Crippen LogP contribution in [0.2, 0.25) is 5.02 Å². The average Bonchev–Trinajstić information content (AvgIpc) is 3.19. The fourth-order valence-corrected chi connectivity index (χ4v) is 3.57. The van der Waals surface area contributed by atoms with Crippen LogP contribution in [-0.4, -0.2) is 35.4 Å². The van der Waals surface area contributed by atoms with Crippen LogP contribution in [0.3, 0.4) is 0 Å². The van der Waals surface area contributed by atoms with E-state index >= 15 is 0 Å². The molecule has 0 amide bonds. The molecule has 1 aliphatic heterocycles. The number of rotatable bonds is 6. The monoisotopic (exact) mass is 404 g/mol. The zero-order valence-corrected chi connectivity index (χ0v) is 15.7. The molecule has 2 heterocycles. The van der Waals surface area contributed by atoms with Gasteiger partial charge in [-0.15, -0.1) is 0 Å². The number of carboxylic acid groups (broad SMARTS) is 1. The van der Waals surface area contributed by atoms with Crippen molar-refractivity contribution in [1.29, 1.82) is 0 Å². The summed E-state index contributed by atoms with van der Waals surface area (Å²) in [5, 5.41) is 13.0. The van der Waals surface area contributed by atoms with Gasteiger partial charge in [0.25, 0.3) is 0 Å². The normalized spacial score (nSPS) is 16.8. The summed E-state index contributed by atoms with van der Waals surface area (Å²) in [4.78, 5) is 24.7. The third kappa shape index (κ3) is 3.66. The van der Waals surface area contributed by atoms with Crippen LogP contribution in [0.15, 0.2) is 71.3 Å². The van der Waals surface area contributed by atoms with Gasteiger partial charge >= 0.3 is 11.9 Å². The molecule has 1 aromatic heterocycles. The van der Waals surface area contributed by atoms with Gasteiger partial charge in [0.2, 0.25) is 0 Å². The lowest BCUT2D eigenvalue weighted by Crippen LogP contribution is -2.35. The van der Waals surface area contributed by atoms with Gasteiger partial charge in [-0.2, -0.15) is 0 Å². The molecule has 28 heavy (non-hydrogen) atoms. The zero-order chi connectivity index (χ0) is 20.3. The highest BCUT2D eigenvalue weighted by Crippen LogP contribution is 2.41. The molecular formula is C20H18ClFN2O4. The van der Waals surface area contributed by atoms with Gasteiger partial charge in [-0.1, -0.05) is 29.8 Å². The van der Waals surface area contributed by atoms with Crippen molar-refractivity contribution >= 4 is 23.5 Å². The standard InChI is InChI=1S/C20H18ClFN2O4/c1-28-20(27)18-14(10-22)23-15(11-24-8-4-5-9-24)17(19(25)26)16(18)12-6-2-3-7-13(12)21/h2-9,16,23H,10-11H2,1H3,(H,25,26). The molecule has 1 unspecified atom stereocenters. The summed E-state index contributed by atoms with van der Waals surface area (Å²) in [5.74, 6) is -3.13. The smallest absolute Gasteiger partial charge is 0.336 e. The molecule has 1 aromatic carbocycles. The van der Waals surface area contributed by atoms with Gasteiger partial charge in [-0.25, -0.2) is 14.0 Å². The SMILES string of the molecule is COC(=O)C1=C(CF)NC(Cn2cccc2)=C(C(=O)O)C1c1ccccc1Cl. The van der Waals surface area contributed by atoms with Gasteiger partial charge in [0, 0.05) is 23.1 Å². The largest absolute Gasteiger partial charge is 0.478 e. The Hall–Kier alpha value is -3.06. The number of alkyl halides is 1. The van der Waals surface area contributed by atoms with E-state index in [9.17, 15) is 19.1 Å². The van der Waals surface area contributed by atoms with Crippen molar-refractivity contribution in [2.45, 2.75) is 12.5 Å². The quantitative estimate of drug-likeness (QED) is 0.722. The second-order valence-electron chi connectivity index (χ2n) is 6.15. The van der Waals surface area contributed by atoms with E-state index in [1.54, 1.807) is 53.4 Å². The maximum absolute atomic E-state index is 13.9. The van der Waals surface area contributed by atoms with E-state index in [0.717, 1.165) is 7.11 Å². The fourth-order valence-electron chi connectivity index (χ4n) is 3.32. The third-order valence-electron chi connectivity index (χ3n) is 4.52. The summed E-state index contributed by atoms with van der Waals surface area (Å²) < 4.78 is 20.4. The van der Waals surface area contributed by atoms with Crippen LogP contribution >= 0.6 is 11.6 Å². The van der Waals surface area contributed by atoms with E-state index in [4.69, 9.17) is 16.3 Å². The number of aromatic nitrogens is 1. The molecule has 8 heteroatoms. The number of dihydropyridines is 1. The Morgan fingerprint density at radius 3 is 2.43 bits per heavy atom. The second kappa shape index (κ2) is 8.31. The van der Waals surface area contributed by atoms with Crippen LogP contribution < -0.4 is 5.32 Å². The topological polar surface area (TPSA) is 80.6 Å². The molecule has 0 bridgehead atoms. The minimum absolute atomic E-state index is 0.0380. The Kier molecular flexibility index (Phi) is 5.84. The molecule has 0 aliphatic carbocycles. The second-order valence-corrected chi connectivity index (χ2v) is 6.56. The van der Waals surface area contributed by atoms with Crippen LogP contribution in [0.5, 0.6) is 0 Å². The van der Waals surface area contributed by atoms with Crippen LogP contribution in [0.25, 0.3) is 0 Å². The summed E-state index contributed by atoms with van der Waals surface area (Å²) in [6.45, 7) is -0.832. The molecule has 6 nitrogen and oxygen atoms in total. The number of carbonyl (C=O) groups excluding carboxylic acids is 1. The molecule has 0 spiro atoms. The molecule has 0 saturated heterocycles. The number of halogens is 2. The zero-order valence-electron chi connectivity index (χ0n) is 15.0. The molecule has 1 atom stereocenters. The molecule has 0 radical (unpaired) electrons. The van der Waals surface area contributed by atoms with E-state index in [0.29, 0.717) is 5.56 Å². The van der Waals surface area contributed by atoms with Crippen LogP contribution in [0, 0.1) is 0 Å². The number of benzene rings is 1. The fraction of sp³-hybridized carbons (Fsp3) is 0.200. The first-order chi connectivity index (χ1) is 13.5. The number of esters is 1. The predicted octanol–water partition coefficient (Wildman–Crippen LogP) is 3.26. The van der Waals surface area contributed by atoms with Gasteiger partial charge in [-0.05, 0) is 23.8 Å². The Labute approximate surface area is 165 Å². The summed E-state index contributed by atoms with van der Waals surface area (Å²) >= 11 is 6.31. The number of nitrogens with one attached hydrogen (secondary N) is 1. The van der Waals surface area contributed by atoms with E-state index in [2.05, 4.69) is 5.32 Å². The number of carbonyl (C=O) groups is 2. The first-order valence-electron chi connectivity index (χ1n) is 8.43. The molecule has 0 saturated carbocycles. The molecule has 0 fully saturated rings. The van der Waals surface area contributed by atoms with Gasteiger partial charge in [0.05, 0.1) is 36.4 Å². The third-order valence-corrected chi connectivity index (χ3v) is 4.87. The maximum Gasteiger partial charge on any atom is 0.336 e. The number of hydrogen-bond acceptors (Lipinski definition) is 4. The summed E-state index contributed by atoms with van der Waals surface area (Å²) in [7, 11) is 1.16. The van der Waals surface area contributed by atoms with E-state index < -0.39 is 24.5 Å². The minimum Gasteiger partial charge on any atom is -0.478 e. The van der Waals surface area contributed by atoms with Gasteiger partial charge in [0.1, 0.15) is 6.67 Å². The van der Waals surface area contributed by atoms with Crippen molar-refractivity contribution in [2.24, 2.45) is 0 Å². The van der Waals surface area contributed by atoms with E-state index in [1.165, 1.54) is 0 Å². The average molecular weight is 405 g/mol. The number of methoxy groups -OCH3 is 1. The number of nitrogens with zero attached hydrogens (tertiary/aromatic N) is 1. The molecule has 146 valence electrons. The van der Waals surface area contributed by atoms with E-state index in [1.807, 2.05) is 0 Å². The Balaban J connectivity index is 2.25. The lowest BCUT2D eigenvalue weighted by Gasteiger charge is -2.31. The Morgan fingerprint density at radius 1 is 1.18 bits per heavy atom. The van der Waals surface area contributed by atoms with Gasteiger partial charge in [-0.3, -0.25) is 0 Å². The highest BCUT2D eigenvalue weighted by Gasteiger charge is 2.39. The van der Waals surface area contributed by atoms with Crippen LogP contribution in [-0.2, 0) is 20.9 Å². The van der Waals surface area contributed by atoms with Crippen molar-refractivity contribution in [2.75, 3.05) is 13.8 Å². The maximum atomic E-state index is 13.9. The number of allylic oxidation sites excluding steroid dienone is 2. The summed E-state index contributed by atoms with van der Waals surface area (Å²) in [5.41, 5.74) is 0.434. The van der Waals surface area contributed by atoms with Crippen molar-refractivity contribution in [3.8, 4) is 0 Å². The Bertz CT molecular complexity index is 966. The highest BCUT2D eigenvalue weighted by molar-refractivity contribution is 6.31. The predicted molar refractivity (Wildman–Crippen MR) is 101 cm³/mol. The number of hydrogen-bond donors (Lipinski definition) is 2. The van der Waals surface area contributed by atoms with Gasteiger partial charge in [0.15, 0.2) is 0 Å². The highest BCUT2D eigenvalue weighted by atomic mass is 35.5. The summed E-state index contributed by atoms with van der Waals surface area (Å²) in [6.07, 6.45) is 3.51. The van der Waals surface area contributed by atoms with Crippen molar-refractivity contribution in [1.82, 2.24) is 9.88 Å². The van der Waals surface area contributed by atoms with Crippen molar-refractivity contribution in [3.63, 3.8) is 0 Å². The van der Waals surface area contributed by atoms with Crippen LogP contribution in [0.1, 0.15) is 11.5 Å². The van der Waals surface area contributed by atoms with Crippen molar-refractivity contribution in [3.05, 3.63) is 81.9 Å². The number of aliphatic carboxylic acids is 1. The first-order valence-corrected chi connectivity index (χ1v) is 8.81. The number of ether oxygens (including phenoxy) is 1. The molecule has 2 aromatic rings. The Morgan fingerprint density at radius 2 is 1.86 bits per heavy atom. The lowest BCUT2D eigenvalue weighted by molar-refractivity contribution is -0.136. The molecular weight excluding hydrogens is 387 g/mol. The molecule has 3 rings (SSSR count). The van der Waals surface area contributed by atoms with Crippen molar-refractivity contribution < 1.29 is 23.8 Å². The number of carboxylic acids is 1.